The normalized spacial score (nSPS) is 12.0. The Balaban J connectivity index is 2.47. The molecule has 0 aliphatic rings. The minimum absolute atomic E-state index is 0.101. The predicted molar refractivity (Wildman–Crippen MR) is 100 cm³/mol. The van der Waals surface area contributed by atoms with Crippen LogP contribution in [0.3, 0.4) is 0 Å². The number of fused-ring (bicyclic) bond motifs is 1. The van der Waals surface area contributed by atoms with Crippen LogP contribution in [0.4, 0.5) is 4.79 Å². The number of rotatable bonds is 5. The van der Waals surface area contributed by atoms with Crippen LogP contribution >= 0.6 is 0 Å². The van der Waals surface area contributed by atoms with E-state index < -0.39 is 18.8 Å². The Labute approximate surface area is 149 Å². The molecule has 1 aromatic carbocycles. The van der Waals surface area contributed by atoms with E-state index in [2.05, 4.69) is 18.7 Å². The lowest BCUT2D eigenvalue weighted by molar-refractivity contribution is 0.0547. The lowest BCUT2D eigenvalue weighted by Crippen LogP contribution is -2.40. The zero-order valence-electron chi connectivity index (χ0n) is 15.6. The molecule has 0 aliphatic carbocycles. The first-order valence-corrected chi connectivity index (χ1v) is 8.62. The number of aromatic nitrogens is 1. The molecule has 6 nitrogen and oxygen atoms in total. The van der Waals surface area contributed by atoms with Crippen LogP contribution in [0.1, 0.15) is 40.2 Å². The maximum absolute atomic E-state index is 12.5. The fraction of sp³-hybridized carbons (Fsp3) is 0.500. The molecule has 0 saturated carbocycles. The van der Waals surface area contributed by atoms with Gasteiger partial charge in [0.25, 0.3) is 0 Å². The van der Waals surface area contributed by atoms with Crippen LogP contribution in [0.2, 0.25) is 0 Å². The molecule has 1 aromatic heterocycles. The van der Waals surface area contributed by atoms with Crippen molar-refractivity contribution < 1.29 is 19.6 Å². The molecule has 2 N–H and O–H groups in total. The molecule has 1 heterocycles. The third-order valence-corrected chi connectivity index (χ3v) is 4.04. The molecule has 0 unspecified atom stereocenters. The van der Waals surface area contributed by atoms with Gasteiger partial charge in [-0.05, 0) is 57.6 Å². The van der Waals surface area contributed by atoms with Gasteiger partial charge in [0.1, 0.15) is 5.60 Å². The van der Waals surface area contributed by atoms with Gasteiger partial charge in [0.05, 0.1) is 11.1 Å². The summed E-state index contributed by atoms with van der Waals surface area (Å²) in [6.07, 6.45) is -0.623. The van der Waals surface area contributed by atoms with Gasteiger partial charge >= 0.3 is 13.2 Å². The summed E-state index contributed by atoms with van der Waals surface area (Å²) in [5, 5.41) is 20.1. The molecule has 2 rings (SSSR count). The van der Waals surface area contributed by atoms with Gasteiger partial charge in [0.15, 0.2) is 0 Å². The van der Waals surface area contributed by atoms with Crippen LogP contribution in [0.25, 0.3) is 10.9 Å². The Hall–Kier alpha value is -1.83. The highest BCUT2D eigenvalue weighted by molar-refractivity contribution is 6.59. The Morgan fingerprint density at radius 1 is 1.20 bits per heavy atom. The first-order valence-electron chi connectivity index (χ1n) is 8.62. The predicted octanol–water partition coefficient (Wildman–Crippen LogP) is 1.95. The molecule has 0 saturated heterocycles. The Kier molecular flexibility index (Phi) is 5.93. The molecule has 0 fully saturated rings. The molecule has 136 valence electrons. The molecule has 0 bridgehead atoms. The molecule has 0 aliphatic heterocycles. The minimum atomic E-state index is -1.76. The van der Waals surface area contributed by atoms with Gasteiger partial charge in [-0.15, -0.1) is 0 Å². The molecule has 25 heavy (non-hydrogen) atoms. The maximum atomic E-state index is 12.5. The number of nitrogens with zero attached hydrogens (tertiary/aromatic N) is 2. The van der Waals surface area contributed by atoms with Crippen molar-refractivity contribution in [3.05, 3.63) is 29.8 Å². The van der Waals surface area contributed by atoms with E-state index in [1.54, 1.807) is 26.8 Å². The van der Waals surface area contributed by atoms with Crippen LogP contribution < -0.4 is 5.59 Å². The largest absolute Gasteiger partial charge is 0.506 e. The summed E-state index contributed by atoms with van der Waals surface area (Å²) in [6.45, 7) is 12.2. The van der Waals surface area contributed by atoms with Gasteiger partial charge in [-0.3, -0.25) is 9.47 Å². The van der Waals surface area contributed by atoms with Crippen molar-refractivity contribution in [2.24, 2.45) is 0 Å². The number of benzene rings is 1. The average Bonchev–Trinajstić information content (AvgIpc) is 2.89. The molecular weight excluding hydrogens is 319 g/mol. The quantitative estimate of drug-likeness (QED) is 0.810. The molecule has 7 heteroatoms. The van der Waals surface area contributed by atoms with Gasteiger partial charge in [-0.25, -0.2) is 4.79 Å². The fourth-order valence-electron chi connectivity index (χ4n) is 2.79. The smallest absolute Gasteiger partial charge is 0.443 e. The topological polar surface area (TPSA) is 74.9 Å². The van der Waals surface area contributed by atoms with E-state index in [-0.39, 0.29) is 5.59 Å². The maximum Gasteiger partial charge on any atom is 0.506 e. The van der Waals surface area contributed by atoms with E-state index in [1.165, 1.54) is 4.57 Å². The summed E-state index contributed by atoms with van der Waals surface area (Å²) < 4.78 is 6.63. The van der Waals surface area contributed by atoms with Gasteiger partial charge in [-0.2, -0.15) is 0 Å². The molecule has 0 spiro atoms. The van der Waals surface area contributed by atoms with Crippen LogP contribution in [-0.4, -0.2) is 51.4 Å². The fourth-order valence-corrected chi connectivity index (χ4v) is 2.79. The van der Waals surface area contributed by atoms with E-state index in [4.69, 9.17) is 4.74 Å². The first-order chi connectivity index (χ1) is 11.7. The summed E-state index contributed by atoms with van der Waals surface area (Å²) in [6, 6.07) is 7.37. The number of carbonyl (C=O) groups excluding carboxylic acids is 1. The molecule has 2 aromatic rings. The monoisotopic (exact) mass is 346 g/mol. The van der Waals surface area contributed by atoms with Gasteiger partial charge in [-0.1, -0.05) is 19.9 Å². The highest BCUT2D eigenvalue weighted by Crippen LogP contribution is 2.20. The van der Waals surface area contributed by atoms with Gasteiger partial charge in [0.2, 0.25) is 0 Å². The van der Waals surface area contributed by atoms with Crippen molar-refractivity contribution in [2.45, 2.75) is 46.8 Å². The Morgan fingerprint density at radius 2 is 1.84 bits per heavy atom. The number of carbonyl (C=O) groups is 1. The summed E-state index contributed by atoms with van der Waals surface area (Å²) in [7, 11) is -1.76. The lowest BCUT2D eigenvalue weighted by atomic mass is 9.86. The van der Waals surface area contributed by atoms with E-state index in [0.29, 0.717) is 5.52 Å². The Morgan fingerprint density at radius 3 is 2.36 bits per heavy atom. The third-order valence-electron chi connectivity index (χ3n) is 4.04. The lowest BCUT2D eigenvalue weighted by Gasteiger charge is -2.21. The van der Waals surface area contributed by atoms with Crippen molar-refractivity contribution in [2.75, 3.05) is 13.1 Å². The van der Waals surface area contributed by atoms with Crippen LogP contribution in [0.5, 0.6) is 0 Å². The second-order valence-corrected chi connectivity index (χ2v) is 7.11. The first kappa shape index (κ1) is 19.5. The van der Waals surface area contributed by atoms with Crippen LogP contribution in [-0.2, 0) is 11.3 Å². The SMILES string of the molecule is CCN(CC)Cc1ccc2c(c1)cc(B(O)O)n2C(=O)OC(C)(C)C. The van der Waals surface area contributed by atoms with Crippen LogP contribution in [0.15, 0.2) is 24.3 Å². The number of ether oxygens (including phenoxy) is 1. The van der Waals surface area contributed by atoms with Gasteiger partial charge < -0.3 is 14.8 Å². The van der Waals surface area contributed by atoms with Crippen LogP contribution in [0, 0.1) is 0 Å². The highest BCUT2D eigenvalue weighted by Gasteiger charge is 2.27. The third kappa shape index (κ3) is 4.63. The highest BCUT2D eigenvalue weighted by atomic mass is 16.6. The molecule has 0 atom stereocenters. The average molecular weight is 346 g/mol. The van der Waals surface area contributed by atoms with Crippen molar-refractivity contribution in [3.63, 3.8) is 0 Å². The molecular formula is C18H27BN2O4. The van der Waals surface area contributed by atoms with Crippen molar-refractivity contribution in [3.8, 4) is 0 Å². The van der Waals surface area contributed by atoms with E-state index >= 15 is 0 Å². The molecule has 0 amide bonds. The number of hydrogen-bond donors (Lipinski definition) is 2. The Bertz CT molecular complexity index is 745. The summed E-state index contributed by atoms with van der Waals surface area (Å²) in [5.41, 5.74) is 1.13. The summed E-state index contributed by atoms with van der Waals surface area (Å²) in [4.78, 5) is 14.8. The zero-order chi connectivity index (χ0) is 18.8. The van der Waals surface area contributed by atoms with Gasteiger partial charge in [0, 0.05) is 11.9 Å². The minimum Gasteiger partial charge on any atom is -0.443 e. The van der Waals surface area contributed by atoms with E-state index in [1.807, 2.05) is 18.2 Å². The second kappa shape index (κ2) is 7.60. The van der Waals surface area contributed by atoms with Crippen molar-refractivity contribution in [1.29, 1.82) is 0 Å². The van der Waals surface area contributed by atoms with Crippen molar-refractivity contribution in [1.82, 2.24) is 9.47 Å². The summed E-state index contributed by atoms with van der Waals surface area (Å²) >= 11 is 0. The van der Waals surface area contributed by atoms with Crippen molar-refractivity contribution >= 4 is 29.7 Å². The van der Waals surface area contributed by atoms with E-state index in [0.717, 1.165) is 30.6 Å². The summed E-state index contributed by atoms with van der Waals surface area (Å²) in [5.74, 6) is 0. The zero-order valence-corrected chi connectivity index (χ0v) is 15.6. The number of hydrogen-bond acceptors (Lipinski definition) is 5. The second-order valence-electron chi connectivity index (χ2n) is 7.11. The molecule has 0 radical (unpaired) electrons. The standard InChI is InChI=1S/C18H27BN2O4/c1-6-20(7-2)12-13-8-9-15-14(10-13)11-16(19(23)24)21(15)17(22)25-18(3,4)5/h8-11,23-24H,6-7,12H2,1-5H3. The van der Waals surface area contributed by atoms with E-state index in [9.17, 15) is 14.8 Å².